The van der Waals surface area contributed by atoms with Gasteiger partial charge in [-0.25, -0.2) is 0 Å². The molecule has 0 radical (unpaired) electrons. The third kappa shape index (κ3) is 2.24. The minimum Gasteiger partial charge on any atom is -0.372 e. The number of halogens is 1. The largest absolute Gasteiger partial charge is 0.372 e. The first-order chi connectivity index (χ1) is 8.34. The second kappa shape index (κ2) is 4.79. The number of fused-ring (bicyclic) bond motifs is 1. The highest BCUT2D eigenvalue weighted by molar-refractivity contribution is 9.09. The predicted octanol–water partition coefficient (Wildman–Crippen LogP) is 4.45. The van der Waals surface area contributed by atoms with Crippen LogP contribution in [0.15, 0.2) is 42.5 Å². The van der Waals surface area contributed by atoms with Crippen molar-refractivity contribution in [1.82, 2.24) is 0 Å². The van der Waals surface area contributed by atoms with Gasteiger partial charge in [0.1, 0.15) is 0 Å². The standard InChI is InChI=1S/C15H15BrO/c16-14-6-3-9-17-15(14)13-8-7-11-4-1-2-5-12(11)10-13/h1-2,4-5,7-8,10,14-15H,3,6,9H2/t14-,15-/m1/s1. The first-order valence-electron chi connectivity index (χ1n) is 6.09. The molecule has 1 fully saturated rings. The molecule has 2 aromatic carbocycles. The Bertz CT molecular complexity index is 523. The third-order valence-corrected chi connectivity index (χ3v) is 4.29. The normalized spacial score (nSPS) is 25.0. The van der Waals surface area contributed by atoms with Crippen molar-refractivity contribution in [2.24, 2.45) is 0 Å². The average Bonchev–Trinajstić information content (AvgIpc) is 2.39. The lowest BCUT2D eigenvalue weighted by Gasteiger charge is -2.28. The van der Waals surface area contributed by atoms with Gasteiger partial charge in [-0.3, -0.25) is 0 Å². The third-order valence-electron chi connectivity index (χ3n) is 3.35. The SMILES string of the molecule is Br[C@@H]1CCCO[C@@H]1c1ccc2ccccc2c1. The summed E-state index contributed by atoms with van der Waals surface area (Å²) in [5, 5.41) is 2.58. The van der Waals surface area contributed by atoms with Crippen LogP contribution < -0.4 is 0 Å². The van der Waals surface area contributed by atoms with Crippen molar-refractivity contribution < 1.29 is 4.74 Å². The van der Waals surface area contributed by atoms with Crippen molar-refractivity contribution >= 4 is 26.7 Å². The summed E-state index contributed by atoms with van der Waals surface area (Å²) in [6.45, 7) is 0.875. The number of benzene rings is 2. The molecule has 2 aromatic rings. The maximum absolute atomic E-state index is 5.88. The molecule has 88 valence electrons. The van der Waals surface area contributed by atoms with E-state index < -0.39 is 0 Å². The van der Waals surface area contributed by atoms with E-state index in [9.17, 15) is 0 Å². The molecule has 0 aliphatic carbocycles. The maximum atomic E-state index is 5.88. The van der Waals surface area contributed by atoms with Crippen molar-refractivity contribution in [3.05, 3.63) is 48.0 Å². The zero-order valence-electron chi connectivity index (χ0n) is 9.60. The Balaban J connectivity index is 1.99. The molecule has 1 heterocycles. The van der Waals surface area contributed by atoms with E-state index in [0.717, 1.165) is 13.0 Å². The molecule has 1 aliphatic heterocycles. The van der Waals surface area contributed by atoms with E-state index >= 15 is 0 Å². The van der Waals surface area contributed by atoms with Crippen LogP contribution in [0.1, 0.15) is 24.5 Å². The van der Waals surface area contributed by atoms with Gasteiger partial charge in [0.2, 0.25) is 0 Å². The molecule has 1 aliphatic rings. The molecule has 0 N–H and O–H groups in total. The Hall–Kier alpha value is -0.860. The first kappa shape index (κ1) is 11.2. The van der Waals surface area contributed by atoms with E-state index in [1.54, 1.807) is 0 Å². The molecule has 1 saturated heterocycles. The second-order valence-corrected chi connectivity index (χ2v) is 5.73. The van der Waals surface area contributed by atoms with Gasteiger partial charge in [-0.05, 0) is 35.2 Å². The molecule has 2 atom stereocenters. The molecular weight excluding hydrogens is 276 g/mol. The zero-order chi connectivity index (χ0) is 11.7. The van der Waals surface area contributed by atoms with Crippen molar-refractivity contribution in [2.75, 3.05) is 6.61 Å². The fourth-order valence-electron chi connectivity index (χ4n) is 2.43. The fourth-order valence-corrected chi connectivity index (χ4v) is 3.22. The molecule has 0 aromatic heterocycles. The Kier molecular flexibility index (Phi) is 3.17. The van der Waals surface area contributed by atoms with Crippen molar-refractivity contribution in [2.45, 2.75) is 23.8 Å². The molecule has 0 bridgehead atoms. The minimum atomic E-state index is 0.202. The van der Waals surface area contributed by atoms with Gasteiger partial charge in [0.15, 0.2) is 0 Å². The van der Waals surface area contributed by atoms with Crippen LogP contribution in [-0.2, 0) is 4.74 Å². The van der Waals surface area contributed by atoms with Crippen LogP contribution in [0.4, 0.5) is 0 Å². The highest BCUT2D eigenvalue weighted by atomic mass is 79.9. The summed E-state index contributed by atoms with van der Waals surface area (Å²) in [5.41, 5.74) is 1.28. The Labute approximate surface area is 110 Å². The molecule has 17 heavy (non-hydrogen) atoms. The molecule has 0 saturated carbocycles. The lowest BCUT2D eigenvalue weighted by molar-refractivity contribution is 0.0218. The number of hydrogen-bond acceptors (Lipinski definition) is 1. The summed E-state index contributed by atoms with van der Waals surface area (Å²) in [4.78, 5) is 0.442. The maximum Gasteiger partial charge on any atom is 0.0950 e. The van der Waals surface area contributed by atoms with Crippen LogP contribution in [0.2, 0.25) is 0 Å². The van der Waals surface area contributed by atoms with Crippen LogP contribution >= 0.6 is 15.9 Å². The van der Waals surface area contributed by atoms with E-state index in [4.69, 9.17) is 4.74 Å². The van der Waals surface area contributed by atoms with Gasteiger partial charge >= 0.3 is 0 Å². The van der Waals surface area contributed by atoms with Crippen molar-refractivity contribution in [3.8, 4) is 0 Å². The first-order valence-corrected chi connectivity index (χ1v) is 7.00. The van der Waals surface area contributed by atoms with E-state index in [0.29, 0.717) is 4.83 Å². The lowest BCUT2D eigenvalue weighted by Crippen LogP contribution is -2.22. The molecule has 0 unspecified atom stereocenters. The van der Waals surface area contributed by atoms with E-state index in [1.165, 1.54) is 22.8 Å². The summed E-state index contributed by atoms with van der Waals surface area (Å²) in [6, 6.07) is 15.1. The van der Waals surface area contributed by atoms with Crippen LogP contribution in [0.25, 0.3) is 10.8 Å². The zero-order valence-corrected chi connectivity index (χ0v) is 11.2. The molecule has 0 amide bonds. The molecular formula is C15H15BrO. The minimum absolute atomic E-state index is 0.202. The number of ether oxygens (including phenoxy) is 1. The average molecular weight is 291 g/mol. The molecule has 0 spiro atoms. The summed E-state index contributed by atoms with van der Waals surface area (Å²) in [7, 11) is 0. The Morgan fingerprint density at radius 3 is 2.71 bits per heavy atom. The number of alkyl halides is 1. The summed E-state index contributed by atoms with van der Waals surface area (Å²) in [6.07, 6.45) is 2.55. The fraction of sp³-hybridized carbons (Fsp3) is 0.333. The molecule has 2 heteroatoms. The van der Waals surface area contributed by atoms with Crippen LogP contribution in [0, 0.1) is 0 Å². The Morgan fingerprint density at radius 1 is 1.06 bits per heavy atom. The molecule has 1 nitrogen and oxygen atoms in total. The van der Waals surface area contributed by atoms with Crippen LogP contribution in [0.5, 0.6) is 0 Å². The summed E-state index contributed by atoms with van der Waals surface area (Å²) in [5.74, 6) is 0. The van der Waals surface area contributed by atoms with Gasteiger partial charge in [0, 0.05) is 11.4 Å². The second-order valence-electron chi connectivity index (χ2n) is 4.56. The summed E-state index contributed by atoms with van der Waals surface area (Å²) >= 11 is 3.73. The lowest BCUT2D eigenvalue weighted by atomic mass is 9.98. The van der Waals surface area contributed by atoms with Gasteiger partial charge in [-0.1, -0.05) is 52.3 Å². The highest BCUT2D eigenvalue weighted by Crippen LogP contribution is 2.34. The number of rotatable bonds is 1. The van der Waals surface area contributed by atoms with Gasteiger partial charge in [-0.15, -0.1) is 0 Å². The monoisotopic (exact) mass is 290 g/mol. The highest BCUT2D eigenvalue weighted by Gasteiger charge is 2.25. The van der Waals surface area contributed by atoms with Gasteiger partial charge in [0.25, 0.3) is 0 Å². The summed E-state index contributed by atoms with van der Waals surface area (Å²) < 4.78 is 5.88. The quantitative estimate of drug-likeness (QED) is 0.705. The van der Waals surface area contributed by atoms with Crippen molar-refractivity contribution in [3.63, 3.8) is 0 Å². The molecule has 3 rings (SSSR count). The van der Waals surface area contributed by atoms with E-state index in [-0.39, 0.29) is 6.10 Å². The van der Waals surface area contributed by atoms with Crippen molar-refractivity contribution in [1.29, 1.82) is 0 Å². The van der Waals surface area contributed by atoms with Crippen LogP contribution in [0.3, 0.4) is 0 Å². The number of hydrogen-bond donors (Lipinski definition) is 0. The van der Waals surface area contributed by atoms with E-state index in [2.05, 4.69) is 58.4 Å². The smallest absolute Gasteiger partial charge is 0.0950 e. The van der Waals surface area contributed by atoms with Gasteiger partial charge in [0.05, 0.1) is 6.10 Å². The van der Waals surface area contributed by atoms with Crippen LogP contribution in [-0.4, -0.2) is 11.4 Å². The Morgan fingerprint density at radius 2 is 1.88 bits per heavy atom. The predicted molar refractivity (Wildman–Crippen MR) is 74.6 cm³/mol. The van der Waals surface area contributed by atoms with Gasteiger partial charge < -0.3 is 4.74 Å². The van der Waals surface area contributed by atoms with Gasteiger partial charge in [-0.2, -0.15) is 0 Å². The van der Waals surface area contributed by atoms with E-state index in [1.807, 2.05) is 0 Å². The topological polar surface area (TPSA) is 9.23 Å².